The minimum Gasteiger partial charge on any atom is -0.364 e. The van der Waals surface area contributed by atoms with Crippen molar-refractivity contribution in [2.24, 2.45) is 5.92 Å². The number of hydrogen-bond donors (Lipinski definition) is 0. The molecule has 1 aliphatic heterocycles. The third kappa shape index (κ3) is 3.87. The molecular formula is C25H29N5O2. The summed E-state index contributed by atoms with van der Waals surface area (Å²) in [7, 11) is 1.86. The average Bonchev–Trinajstić information content (AvgIpc) is 3.55. The number of amides is 1. The van der Waals surface area contributed by atoms with Crippen LogP contribution in [0.4, 0.5) is 5.82 Å². The summed E-state index contributed by atoms with van der Waals surface area (Å²) in [5, 5.41) is 3.99. The van der Waals surface area contributed by atoms with E-state index in [2.05, 4.69) is 22.2 Å². The zero-order chi connectivity index (χ0) is 22.1. The van der Waals surface area contributed by atoms with Gasteiger partial charge in [-0.05, 0) is 39.0 Å². The number of aromatic nitrogens is 3. The number of aryl methyl sites for hydroxylation is 1. The Morgan fingerprint density at radius 2 is 1.91 bits per heavy atom. The number of piperidine rings is 1. The van der Waals surface area contributed by atoms with Crippen LogP contribution in [0.15, 0.2) is 47.2 Å². The molecule has 166 valence electrons. The number of benzene rings is 1. The Morgan fingerprint density at radius 3 is 2.62 bits per heavy atom. The van der Waals surface area contributed by atoms with Gasteiger partial charge in [0.15, 0.2) is 5.82 Å². The van der Waals surface area contributed by atoms with Gasteiger partial charge in [-0.2, -0.15) is 0 Å². The second kappa shape index (κ2) is 8.73. The topological polar surface area (TPSA) is 75.4 Å². The Hall–Kier alpha value is -3.22. The second-order valence-corrected chi connectivity index (χ2v) is 8.83. The van der Waals surface area contributed by atoms with Crippen molar-refractivity contribution in [2.45, 2.75) is 45.1 Å². The molecule has 32 heavy (non-hydrogen) atoms. The van der Waals surface area contributed by atoms with Gasteiger partial charge in [-0.1, -0.05) is 35.5 Å². The van der Waals surface area contributed by atoms with Crippen LogP contribution in [0, 0.1) is 5.92 Å². The summed E-state index contributed by atoms with van der Waals surface area (Å²) < 4.78 is 4.95. The van der Waals surface area contributed by atoms with Crippen molar-refractivity contribution in [1.82, 2.24) is 20.0 Å². The van der Waals surface area contributed by atoms with Crippen molar-refractivity contribution >= 4 is 11.7 Å². The van der Waals surface area contributed by atoms with Crippen LogP contribution in [-0.4, -0.2) is 46.1 Å². The molecule has 1 aliphatic carbocycles. The van der Waals surface area contributed by atoms with Gasteiger partial charge in [-0.3, -0.25) is 4.79 Å². The molecule has 2 aromatic heterocycles. The summed E-state index contributed by atoms with van der Waals surface area (Å²) in [4.78, 5) is 27.2. The van der Waals surface area contributed by atoms with Gasteiger partial charge in [0, 0.05) is 48.9 Å². The van der Waals surface area contributed by atoms with Crippen LogP contribution in [0.1, 0.15) is 49.2 Å². The molecule has 1 fully saturated rings. The highest BCUT2D eigenvalue weighted by Gasteiger charge is 2.32. The van der Waals surface area contributed by atoms with E-state index in [9.17, 15) is 4.79 Å². The average molecular weight is 432 g/mol. The van der Waals surface area contributed by atoms with Gasteiger partial charge < -0.3 is 14.3 Å². The lowest BCUT2D eigenvalue weighted by Crippen LogP contribution is -2.42. The van der Waals surface area contributed by atoms with E-state index in [1.807, 2.05) is 38.2 Å². The lowest BCUT2D eigenvalue weighted by molar-refractivity contribution is -0.136. The van der Waals surface area contributed by atoms with Crippen LogP contribution in [-0.2, 0) is 17.6 Å². The monoisotopic (exact) mass is 431 g/mol. The second-order valence-electron chi connectivity index (χ2n) is 8.83. The van der Waals surface area contributed by atoms with Crippen LogP contribution in [0.2, 0.25) is 0 Å². The first-order valence-electron chi connectivity index (χ1n) is 11.5. The van der Waals surface area contributed by atoms with Crippen molar-refractivity contribution < 1.29 is 9.32 Å². The van der Waals surface area contributed by atoms with Crippen LogP contribution >= 0.6 is 0 Å². The van der Waals surface area contributed by atoms with Crippen molar-refractivity contribution in [1.29, 1.82) is 0 Å². The van der Waals surface area contributed by atoms with Gasteiger partial charge >= 0.3 is 0 Å². The summed E-state index contributed by atoms with van der Waals surface area (Å²) >= 11 is 0. The predicted octanol–water partition coefficient (Wildman–Crippen LogP) is 4.06. The predicted molar refractivity (Wildman–Crippen MR) is 122 cm³/mol. The summed E-state index contributed by atoms with van der Waals surface area (Å²) in [6, 6.07) is 11.9. The van der Waals surface area contributed by atoms with Crippen molar-refractivity contribution in [3.63, 3.8) is 0 Å². The van der Waals surface area contributed by atoms with Gasteiger partial charge in [0.2, 0.25) is 5.91 Å². The zero-order valence-electron chi connectivity index (χ0n) is 18.7. The first kappa shape index (κ1) is 20.7. The molecular weight excluding hydrogens is 402 g/mol. The number of carbonyl (C=O) groups is 1. The summed E-state index contributed by atoms with van der Waals surface area (Å²) in [6.45, 7) is 3.65. The standard InChI is InChI=1S/C25H29N5O2/c1-17(21-13-16-32-28-21)29(2)25(31)19-11-14-30(15-12-19)24-20-9-6-10-22(20)26-23(27-24)18-7-4-3-5-8-18/h3-5,7-8,13,16-17,19H,6,9-12,14-15H2,1-2H3. The molecule has 1 saturated heterocycles. The molecule has 3 heterocycles. The molecule has 7 heteroatoms. The normalized spacial score (nSPS) is 17.2. The molecule has 3 aromatic rings. The van der Waals surface area contributed by atoms with Crippen molar-refractivity contribution in [2.75, 3.05) is 25.0 Å². The maximum Gasteiger partial charge on any atom is 0.226 e. The number of nitrogens with zero attached hydrogens (tertiary/aromatic N) is 5. The summed E-state index contributed by atoms with van der Waals surface area (Å²) in [6.07, 6.45) is 6.39. The SMILES string of the molecule is CC(c1ccon1)N(C)C(=O)C1CCN(c2nc(-c3ccccc3)nc3c2CCC3)CC1. The van der Waals surface area contributed by atoms with E-state index < -0.39 is 0 Å². The summed E-state index contributed by atoms with van der Waals surface area (Å²) in [5.74, 6) is 2.08. The van der Waals surface area contributed by atoms with E-state index in [1.165, 1.54) is 11.3 Å². The van der Waals surface area contributed by atoms with Crippen LogP contribution in [0.5, 0.6) is 0 Å². The number of hydrogen-bond acceptors (Lipinski definition) is 6. The first-order valence-corrected chi connectivity index (χ1v) is 11.5. The van der Waals surface area contributed by atoms with Gasteiger partial charge in [-0.25, -0.2) is 9.97 Å². The number of carbonyl (C=O) groups excluding carboxylic acids is 1. The first-order chi connectivity index (χ1) is 15.6. The Bertz CT molecular complexity index is 1080. The van der Waals surface area contributed by atoms with E-state index in [1.54, 1.807) is 11.2 Å². The van der Waals surface area contributed by atoms with Gasteiger partial charge in [0.25, 0.3) is 0 Å². The Balaban J connectivity index is 1.31. The van der Waals surface area contributed by atoms with Gasteiger partial charge in [0.1, 0.15) is 17.8 Å². The minimum absolute atomic E-state index is 0.0223. The molecule has 0 N–H and O–H groups in total. The van der Waals surface area contributed by atoms with Crippen LogP contribution in [0.3, 0.4) is 0 Å². The quantitative estimate of drug-likeness (QED) is 0.607. The fraction of sp³-hybridized carbons (Fsp3) is 0.440. The molecule has 0 radical (unpaired) electrons. The van der Waals surface area contributed by atoms with E-state index in [4.69, 9.17) is 14.5 Å². The largest absolute Gasteiger partial charge is 0.364 e. The molecule has 7 nitrogen and oxygen atoms in total. The van der Waals surface area contributed by atoms with Crippen LogP contribution in [0.25, 0.3) is 11.4 Å². The number of fused-ring (bicyclic) bond motifs is 1. The molecule has 1 atom stereocenters. The van der Waals surface area contributed by atoms with E-state index in [0.717, 1.165) is 68.1 Å². The van der Waals surface area contributed by atoms with E-state index in [-0.39, 0.29) is 17.9 Å². The van der Waals surface area contributed by atoms with Gasteiger partial charge in [0.05, 0.1) is 6.04 Å². The molecule has 0 spiro atoms. The molecule has 1 amide bonds. The summed E-state index contributed by atoms with van der Waals surface area (Å²) in [5.41, 5.74) is 4.32. The third-order valence-electron chi connectivity index (χ3n) is 6.90. The van der Waals surface area contributed by atoms with E-state index in [0.29, 0.717) is 0 Å². The van der Waals surface area contributed by atoms with Gasteiger partial charge in [-0.15, -0.1) is 0 Å². The van der Waals surface area contributed by atoms with E-state index >= 15 is 0 Å². The van der Waals surface area contributed by atoms with Crippen molar-refractivity contribution in [3.8, 4) is 11.4 Å². The maximum absolute atomic E-state index is 13.1. The fourth-order valence-corrected chi connectivity index (χ4v) is 4.84. The van der Waals surface area contributed by atoms with Crippen LogP contribution < -0.4 is 4.90 Å². The Labute approximate surface area is 188 Å². The van der Waals surface area contributed by atoms with Crippen molar-refractivity contribution in [3.05, 3.63) is 59.6 Å². The Kier molecular flexibility index (Phi) is 5.64. The molecule has 0 saturated carbocycles. The molecule has 5 rings (SSSR count). The molecule has 1 aromatic carbocycles. The fourth-order valence-electron chi connectivity index (χ4n) is 4.84. The lowest BCUT2D eigenvalue weighted by atomic mass is 9.94. The minimum atomic E-state index is -0.0992. The lowest BCUT2D eigenvalue weighted by Gasteiger charge is -2.36. The highest BCUT2D eigenvalue weighted by molar-refractivity contribution is 5.79. The highest BCUT2D eigenvalue weighted by Crippen LogP contribution is 2.34. The molecule has 1 unspecified atom stereocenters. The molecule has 0 bridgehead atoms. The smallest absolute Gasteiger partial charge is 0.226 e. The third-order valence-corrected chi connectivity index (χ3v) is 6.90. The number of anilines is 1. The maximum atomic E-state index is 13.1. The zero-order valence-corrected chi connectivity index (χ0v) is 18.7. The highest BCUT2D eigenvalue weighted by atomic mass is 16.5. The number of rotatable bonds is 5. The Morgan fingerprint density at radius 1 is 1.12 bits per heavy atom. The molecule has 2 aliphatic rings.